The standard InChI is InChI=1S/C8H17ClO2Si/c1-10-12(9,11-2)8-6-4-3-5-7-8/h8H,3-7H2,1-2H3. The van der Waals surface area contributed by atoms with E-state index in [-0.39, 0.29) is 0 Å². The van der Waals surface area contributed by atoms with Crippen LogP contribution in [0.2, 0.25) is 5.54 Å². The lowest BCUT2D eigenvalue weighted by Gasteiger charge is -2.31. The molecule has 0 aromatic heterocycles. The third kappa shape index (κ3) is 2.22. The van der Waals surface area contributed by atoms with Gasteiger partial charge in [-0.25, -0.2) is 0 Å². The van der Waals surface area contributed by atoms with Gasteiger partial charge in [-0.1, -0.05) is 30.3 Å². The molecular weight excluding hydrogens is 192 g/mol. The Balaban J connectivity index is 2.51. The summed E-state index contributed by atoms with van der Waals surface area (Å²) in [4.78, 5) is 0. The minimum atomic E-state index is -2.32. The Labute approximate surface area is 80.2 Å². The zero-order chi connectivity index (χ0) is 9.03. The van der Waals surface area contributed by atoms with E-state index in [0.717, 1.165) is 0 Å². The first-order chi connectivity index (χ1) is 5.73. The molecule has 72 valence electrons. The first kappa shape index (κ1) is 10.5. The molecule has 1 aliphatic rings. The molecule has 4 heteroatoms. The van der Waals surface area contributed by atoms with Gasteiger partial charge in [0.05, 0.1) is 0 Å². The maximum atomic E-state index is 6.28. The summed E-state index contributed by atoms with van der Waals surface area (Å²) in [6.45, 7) is 0. The molecule has 0 aliphatic heterocycles. The molecule has 0 heterocycles. The van der Waals surface area contributed by atoms with Crippen molar-refractivity contribution < 1.29 is 8.85 Å². The summed E-state index contributed by atoms with van der Waals surface area (Å²) >= 11 is 6.28. The molecule has 0 saturated heterocycles. The monoisotopic (exact) mass is 208 g/mol. The molecule has 0 atom stereocenters. The molecule has 0 radical (unpaired) electrons. The van der Waals surface area contributed by atoms with E-state index in [4.69, 9.17) is 19.9 Å². The highest BCUT2D eigenvalue weighted by molar-refractivity contribution is 7.13. The van der Waals surface area contributed by atoms with Gasteiger partial charge in [-0.15, -0.1) is 0 Å². The summed E-state index contributed by atoms with van der Waals surface area (Å²) in [5.41, 5.74) is 0.489. The highest BCUT2D eigenvalue weighted by Crippen LogP contribution is 2.39. The minimum Gasteiger partial charge on any atom is -0.386 e. The molecule has 2 nitrogen and oxygen atoms in total. The maximum Gasteiger partial charge on any atom is 0.445 e. The highest BCUT2D eigenvalue weighted by Gasteiger charge is 2.43. The average Bonchev–Trinajstić information content (AvgIpc) is 2.18. The lowest BCUT2D eigenvalue weighted by molar-refractivity contribution is 0.240. The fraction of sp³-hybridized carbons (Fsp3) is 1.00. The first-order valence-corrected chi connectivity index (χ1v) is 7.42. The van der Waals surface area contributed by atoms with Gasteiger partial charge >= 0.3 is 7.87 Å². The third-order valence-electron chi connectivity index (χ3n) is 2.65. The van der Waals surface area contributed by atoms with Gasteiger partial charge in [-0.2, -0.15) is 0 Å². The molecule has 1 fully saturated rings. The van der Waals surface area contributed by atoms with Crippen LogP contribution in [-0.4, -0.2) is 22.1 Å². The normalized spacial score (nSPS) is 21.2. The molecular formula is C8H17ClO2Si. The van der Waals surface area contributed by atoms with E-state index < -0.39 is 7.87 Å². The van der Waals surface area contributed by atoms with Gasteiger partial charge in [-0.3, -0.25) is 0 Å². The van der Waals surface area contributed by atoms with Crippen LogP contribution in [0.25, 0.3) is 0 Å². The molecule has 0 N–H and O–H groups in total. The van der Waals surface area contributed by atoms with Gasteiger partial charge in [-0.05, 0) is 12.8 Å². The minimum absolute atomic E-state index is 0.489. The van der Waals surface area contributed by atoms with Crippen LogP contribution in [0.15, 0.2) is 0 Å². The van der Waals surface area contributed by atoms with Crippen LogP contribution in [0.3, 0.4) is 0 Å². The van der Waals surface area contributed by atoms with Crippen molar-refractivity contribution in [1.29, 1.82) is 0 Å². The van der Waals surface area contributed by atoms with E-state index in [1.54, 1.807) is 14.2 Å². The second-order valence-corrected chi connectivity index (χ2v) is 7.70. The Morgan fingerprint density at radius 3 is 2.00 bits per heavy atom. The summed E-state index contributed by atoms with van der Waals surface area (Å²) < 4.78 is 10.6. The van der Waals surface area contributed by atoms with E-state index in [0.29, 0.717) is 5.54 Å². The summed E-state index contributed by atoms with van der Waals surface area (Å²) in [5.74, 6) is 0. The zero-order valence-electron chi connectivity index (χ0n) is 7.81. The van der Waals surface area contributed by atoms with Gasteiger partial charge in [0.15, 0.2) is 0 Å². The number of hydrogen-bond donors (Lipinski definition) is 0. The number of rotatable bonds is 3. The smallest absolute Gasteiger partial charge is 0.386 e. The van der Waals surface area contributed by atoms with Crippen molar-refractivity contribution in [3.05, 3.63) is 0 Å². The van der Waals surface area contributed by atoms with Gasteiger partial charge in [0.25, 0.3) is 0 Å². The number of hydrogen-bond acceptors (Lipinski definition) is 2. The first-order valence-electron chi connectivity index (χ1n) is 4.52. The molecule has 1 aliphatic carbocycles. The van der Waals surface area contributed by atoms with Crippen molar-refractivity contribution >= 4 is 18.9 Å². The van der Waals surface area contributed by atoms with Crippen LogP contribution in [-0.2, 0) is 8.85 Å². The van der Waals surface area contributed by atoms with Crippen LogP contribution in [0, 0.1) is 0 Å². The molecule has 0 aromatic carbocycles. The van der Waals surface area contributed by atoms with Gasteiger partial charge < -0.3 is 8.85 Å². The lowest BCUT2D eigenvalue weighted by Crippen LogP contribution is -2.40. The Hall–Kier alpha value is 0.427. The predicted octanol–water partition coefficient (Wildman–Crippen LogP) is 2.79. The maximum absolute atomic E-state index is 6.28. The highest BCUT2D eigenvalue weighted by atomic mass is 35.6. The van der Waals surface area contributed by atoms with Crippen LogP contribution < -0.4 is 0 Å². The second-order valence-electron chi connectivity index (χ2n) is 3.33. The Morgan fingerprint density at radius 2 is 1.58 bits per heavy atom. The summed E-state index contributed by atoms with van der Waals surface area (Å²) in [5, 5.41) is 0. The van der Waals surface area contributed by atoms with Crippen molar-refractivity contribution in [2.45, 2.75) is 37.6 Å². The molecule has 0 spiro atoms. The Kier molecular flexibility index (Phi) is 4.03. The zero-order valence-corrected chi connectivity index (χ0v) is 9.56. The van der Waals surface area contributed by atoms with Gasteiger partial charge in [0.2, 0.25) is 0 Å². The fourth-order valence-electron chi connectivity index (χ4n) is 1.86. The molecule has 0 aromatic rings. The molecule has 0 unspecified atom stereocenters. The van der Waals surface area contributed by atoms with Crippen molar-refractivity contribution in [3.63, 3.8) is 0 Å². The topological polar surface area (TPSA) is 18.5 Å². The lowest BCUT2D eigenvalue weighted by atomic mass is 10.0. The summed E-state index contributed by atoms with van der Waals surface area (Å²) in [7, 11) is 1.00. The van der Waals surface area contributed by atoms with Crippen molar-refractivity contribution in [1.82, 2.24) is 0 Å². The van der Waals surface area contributed by atoms with Gasteiger partial charge in [0, 0.05) is 19.8 Å². The average molecular weight is 209 g/mol. The molecule has 1 rings (SSSR count). The molecule has 1 saturated carbocycles. The second kappa shape index (κ2) is 4.60. The van der Waals surface area contributed by atoms with Crippen molar-refractivity contribution in [2.24, 2.45) is 0 Å². The van der Waals surface area contributed by atoms with Gasteiger partial charge in [0.1, 0.15) is 0 Å². The van der Waals surface area contributed by atoms with E-state index in [9.17, 15) is 0 Å². The van der Waals surface area contributed by atoms with Crippen molar-refractivity contribution in [3.8, 4) is 0 Å². The molecule has 12 heavy (non-hydrogen) atoms. The van der Waals surface area contributed by atoms with Crippen LogP contribution in [0.4, 0.5) is 0 Å². The van der Waals surface area contributed by atoms with E-state index in [1.807, 2.05) is 0 Å². The molecule has 0 amide bonds. The predicted molar refractivity (Wildman–Crippen MR) is 52.5 cm³/mol. The van der Waals surface area contributed by atoms with Crippen LogP contribution in [0.5, 0.6) is 0 Å². The third-order valence-corrected chi connectivity index (χ3v) is 7.17. The van der Waals surface area contributed by atoms with E-state index in [2.05, 4.69) is 0 Å². The summed E-state index contributed by atoms with van der Waals surface area (Å²) in [6.07, 6.45) is 6.25. The quantitative estimate of drug-likeness (QED) is 0.525. The Morgan fingerprint density at radius 1 is 1.08 bits per heavy atom. The largest absolute Gasteiger partial charge is 0.445 e. The SMILES string of the molecule is CO[Si](Cl)(OC)C1CCCCC1. The van der Waals surface area contributed by atoms with E-state index >= 15 is 0 Å². The fourth-order valence-corrected chi connectivity index (χ4v) is 4.45. The number of halogens is 1. The van der Waals surface area contributed by atoms with Crippen LogP contribution >= 0.6 is 11.1 Å². The summed E-state index contributed by atoms with van der Waals surface area (Å²) in [6, 6.07) is 0. The van der Waals surface area contributed by atoms with E-state index in [1.165, 1.54) is 32.1 Å². The van der Waals surface area contributed by atoms with Crippen LogP contribution in [0.1, 0.15) is 32.1 Å². The van der Waals surface area contributed by atoms with Crippen molar-refractivity contribution in [2.75, 3.05) is 14.2 Å². The Bertz CT molecular complexity index is 133. The molecule has 0 bridgehead atoms.